The van der Waals surface area contributed by atoms with Gasteiger partial charge in [-0.3, -0.25) is 0 Å². The quantitative estimate of drug-likeness (QED) is 0.380. The number of hydrogen-bond donors (Lipinski definition) is 0. The van der Waals surface area contributed by atoms with E-state index in [9.17, 15) is 28.4 Å². The van der Waals surface area contributed by atoms with Crippen molar-refractivity contribution in [2.75, 3.05) is 18.5 Å². The fourth-order valence-electron chi connectivity index (χ4n) is 2.51. The average Bonchev–Trinajstić information content (AvgIpc) is 2.86. The summed E-state index contributed by atoms with van der Waals surface area (Å²) in [6, 6.07) is 25.5. The van der Waals surface area contributed by atoms with Crippen LogP contribution in [0, 0.1) is 35.6 Å². The summed E-state index contributed by atoms with van der Waals surface area (Å²) in [7, 11) is -9.83. The van der Waals surface area contributed by atoms with Gasteiger partial charge in [0.2, 0.25) is 0 Å². The van der Waals surface area contributed by atoms with Gasteiger partial charge < -0.3 is 28.4 Å². The Hall–Kier alpha value is -0.575. The van der Waals surface area contributed by atoms with E-state index in [0.29, 0.717) is 15.9 Å². The first kappa shape index (κ1) is 33.4. The molecule has 0 heterocycles. The van der Waals surface area contributed by atoms with E-state index in [2.05, 4.69) is 0 Å². The van der Waals surface area contributed by atoms with Gasteiger partial charge in [-0.15, -0.1) is 0 Å². The molecule has 180 valence electrons. The summed E-state index contributed by atoms with van der Waals surface area (Å²) in [6.07, 6.45) is 0.574. The molecule has 0 bridgehead atoms. The summed E-state index contributed by atoms with van der Waals surface area (Å²) in [5.41, 5.74) is 0. The van der Waals surface area contributed by atoms with Gasteiger partial charge >= 0.3 is 35.6 Å². The predicted molar refractivity (Wildman–Crippen MR) is 133 cm³/mol. The number of benzene rings is 3. The van der Waals surface area contributed by atoms with Crippen molar-refractivity contribution in [3.63, 3.8) is 0 Å². The van der Waals surface area contributed by atoms with Crippen LogP contribution in [0.1, 0.15) is 20.8 Å². The minimum atomic E-state index is -3.28. The Kier molecular flexibility index (Phi) is 16.0. The Balaban J connectivity index is 0.000000473. The summed E-state index contributed by atoms with van der Waals surface area (Å²) >= 11 is 0. The van der Waals surface area contributed by atoms with Crippen LogP contribution >= 0.6 is 22.1 Å². The Bertz CT molecular complexity index is 954. The van der Waals surface area contributed by atoms with Crippen molar-refractivity contribution in [2.45, 2.75) is 20.8 Å². The van der Waals surface area contributed by atoms with Crippen molar-refractivity contribution in [2.24, 2.45) is 0 Å². The zero-order chi connectivity index (χ0) is 25.0. The fourth-order valence-corrected chi connectivity index (χ4v) is 5.49. The fraction of sp³-hybridized carbons (Fsp3) is 0.250. The largest absolute Gasteiger partial charge is 3.00 e. The molecule has 3 atom stereocenters. The summed E-state index contributed by atoms with van der Waals surface area (Å²) in [4.78, 5) is 33.7. The third kappa shape index (κ3) is 11.4. The maximum atomic E-state index is 11.2. The van der Waals surface area contributed by atoms with Gasteiger partial charge in [0.1, 0.15) is 0 Å². The maximum absolute atomic E-state index is 11.2. The molecule has 3 aromatic rings. The second-order valence-corrected chi connectivity index (χ2v) is 14.5. The molecule has 3 unspecified atom stereocenters. The Morgan fingerprint density at radius 1 is 0.471 bits per heavy atom. The molecule has 0 aliphatic carbocycles. The molecule has 0 aliphatic heterocycles. The minimum Gasteiger partial charge on any atom is -0.796 e. The summed E-state index contributed by atoms with van der Waals surface area (Å²) < 4.78 is 33.7. The third-order valence-corrected chi connectivity index (χ3v) is 10.5. The van der Waals surface area contributed by atoms with Gasteiger partial charge in [-0.25, -0.2) is 0 Å². The molecule has 10 heteroatoms. The smallest absolute Gasteiger partial charge is 0.796 e. The molecule has 0 fully saturated rings. The molecule has 0 radical (unpaired) electrons. The Labute approximate surface area is 230 Å². The SMILES string of the molecule is CCP(=O)([O-])c1ccccc1.CCP(=O)([O-])c1ccccc1.CCP(=O)([O-])c1ccccc1.[La+3]. The molecule has 0 amide bonds. The molecule has 0 saturated heterocycles. The molecule has 0 spiro atoms. The second-order valence-electron chi connectivity index (χ2n) is 6.98. The normalized spacial score (nSPS) is 15.4. The molecule has 3 rings (SSSR count). The number of rotatable bonds is 6. The van der Waals surface area contributed by atoms with Gasteiger partial charge in [0.05, 0.1) is 0 Å². The van der Waals surface area contributed by atoms with E-state index >= 15 is 0 Å². The Morgan fingerprint density at radius 3 is 0.794 bits per heavy atom. The first-order valence-corrected chi connectivity index (χ1v) is 16.0. The molecule has 0 N–H and O–H groups in total. The summed E-state index contributed by atoms with van der Waals surface area (Å²) in [5, 5.41) is 1.30. The summed E-state index contributed by atoms with van der Waals surface area (Å²) in [6.45, 7) is 4.96. The zero-order valence-electron chi connectivity index (χ0n) is 19.7. The van der Waals surface area contributed by atoms with Crippen molar-refractivity contribution < 1.29 is 64.0 Å². The van der Waals surface area contributed by atoms with Crippen LogP contribution in [0.4, 0.5) is 0 Å². The zero-order valence-corrected chi connectivity index (χ0v) is 26.0. The van der Waals surface area contributed by atoms with Gasteiger partial charge in [-0.1, -0.05) is 112 Å². The molecule has 3 aromatic carbocycles. The van der Waals surface area contributed by atoms with Crippen molar-refractivity contribution in [3.8, 4) is 0 Å². The van der Waals surface area contributed by atoms with E-state index in [1.54, 1.807) is 112 Å². The third-order valence-electron chi connectivity index (χ3n) is 4.70. The van der Waals surface area contributed by atoms with Gasteiger partial charge in [0, 0.05) is 22.1 Å². The molecular weight excluding hydrogens is 616 g/mol. The first-order chi connectivity index (χ1) is 15.5. The van der Waals surface area contributed by atoms with E-state index in [1.807, 2.05) is 0 Å². The number of hydrogen-bond acceptors (Lipinski definition) is 6. The van der Waals surface area contributed by atoms with Crippen LogP contribution in [0.25, 0.3) is 0 Å². The first-order valence-electron chi connectivity index (χ1n) is 10.6. The van der Waals surface area contributed by atoms with Crippen LogP contribution in [0.2, 0.25) is 0 Å². The van der Waals surface area contributed by atoms with Gasteiger partial charge in [0.15, 0.2) is 0 Å². The molecule has 0 saturated carbocycles. The van der Waals surface area contributed by atoms with Crippen molar-refractivity contribution >= 4 is 38.0 Å². The topological polar surface area (TPSA) is 120 Å². The second kappa shape index (κ2) is 16.2. The standard InChI is InChI=1S/3C8H11O2P.La/c3*1-2-11(9,10)8-6-4-3-5-7-8;/h3*3-7H,2H2,1H3,(H,9,10);/q;;;+3/p-3. The van der Waals surface area contributed by atoms with E-state index in [4.69, 9.17) is 0 Å². The molecule has 6 nitrogen and oxygen atoms in total. The van der Waals surface area contributed by atoms with E-state index < -0.39 is 22.1 Å². The average molecular weight is 646 g/mol. The van der Waals surface area contributed by atoms with E-state index in [-0.39, 0.29) is 54.1 Å². The van der Waals surface area contributed by atoms with Crippen LogP contribution in [0.15, 0.2) is 91.0 Å². The molecular formula is C24H30LaO6P3. The Morgan fingerprint density at radius 2 is 0.647 bits per heavy atom. The van der Waals surface area contributed by atoms with Crippen LogP contribution in [-0.4, -0.2) is 18.5 Å². The van der Waals surface area contributed by atoms with Crippen LogP contribution in [0.5, 0.6) is 0 Å². The van der Waals surface area contributed by atoms with E-state index in [0.717, 1.165) is 0 Å². The van der Waals surface area contributed by atoms with E-state index in [1.165, 1.54) is 0 Å². The van der Waals surface area contributed by atoms with Gasteiger partial charge in [-0.2, -0.15) is 0 Å². The predicted octanol–water partition coefficient (Wildman–Crippen LogP) is 2.91. The van der Waals surface area contributed by atoms with Crippen LogP contribution < -0.4 is 30.6 Å². The van der Waals surface area contributed by atoms with Crippen molar-refractivity contribution in [3.05, 3.63) is 91.0 Å². The van der Waals surface area contributed by atoms with Crippen molar-refractivity contribution in [1.82, 2.24) is 0 Å². The van der Waals surface area contributed by atoms with Gasteiger partial charge in [-0.05, 0) is 34.4 Å². The minimum absolute atomic E-state index is 0. The maximum Gasteiger partial charge on any atom is 3.00 e. The van der Waals surface area contributed by atoms with Crippen molar-refractivity contribution in [1.29, 1.82) is 0 Å². The molecule has 34 heavy (non-hydrogen) atoms. The molecule has 0 aromatic heterocycles. The summed E-state index contributed by atoms with van der Waals surface area (Å²) in [5.74, 6) is 0. The molecule has 0 aliphatic rings. The van der Waals surface area contributed by atoms with Crippen LogP contribution in [-0.2, 0) is 13.7 Å². The van der Waals surface area contributed by atoms with Crippen LogP contribution in [0.3, 0.4) is 0 Å². The van der Waals surface area contributed by atoms with Gasteiger partial charge in [0.25, 0.3) is 0 Å². The monoisotopic (exact) mass is 646 g/mol.